The average molecular weight is 412 g/mol. The first-order valence-electron chi connectivity index (χ1n) is 10.6. The number of rotatable bonds is 3. The molecule has 1 N–H and O–H groups in total. The molecule has 3 aromatic rings. The van der Waals surface area contributed by atoms with Crippen molar-refractivity contribution in [1.82, 2.24) is 24.3 Å². The Labute approximate surface area is 174 Å². The van der Waals surface area contributed by atoms with Crippen molar-refractivity contribution in [1.29, 1.82) is 0 Å². The molecule has 1 aliphatic carbocycles. The monoisotopic (exact) mass is 411 g/mol. The molecule has 152 valence electrons. The summed E-state index contributed by atoms with van der Waals surface area (Å²) < 4.78 is 2.06. The highest BCUT2D eigenvalue weighted by Crippen LogP contribution is 2.31. The molecule has 1 aliphatic heterocycles. The summed E-state index contributed by atoms with van der Waals surface area (Å²) in [6.45, 7) is 4.27. The number of fused-ring (bicyclic) bond motifs is 2. The molecule has 5 rings (SSSR count). The first-order valence-corrected chi connectivity index (χ1v) is 10.9. The highest BCUT2D eigenvalue weighted by molar-refractivity contribution is 6.30. The Morgan fingerprint density at radius 1 is 1.21 bits per heavy atom. The Bertz CT molecular complexity index is 1110. The van der Waals surface area contributed by atoms with E-state index in [2.05, 4.69) is 19.3 Å². The first kappa shape index (κ1) is 18.8. The van der Waals surface area contributed by atoms with Crippen LogP contribution in [0.2, 0.25) is 5.02 Å². The van der Waals surface area contributed by atoms with Crippen LogP contribution in [0.3, 0.4) is 0 Å². The van der Waals surface area contributed by atoms with Crippen LogP contribution in [0.4, 0.5) is 0 Å². The molecule has 0 bridgehead atoms. The third-order valence-electron chi connectivity index (χ3n) is 6.41. The molecule has 2 aliphatic rings. The van der Waals surface area contributed by atoms with Crippen LogP contribution < -0.4 is 5.56 Å². The van der Waals surface area contributed by atoms with Crippen molar-refractivity contribution < 1.29 is 0 Å². The fraction of sp³-hybridized carbons (Fsp3) is 0.500. The summed E-state index contributed by atoms with van der Waals surface area (Å²) in [5.74, 6) is 1.33. The van der Waals surface area contributed by atoms with E-state index in [-0.39, 0.29) is 5.56 Å². The lowest BCUT2D eigenvalue weighted by Gasteiger charge is -2.29. The van der Waals surface area contributed by atoms with Crippen LogP contribution in [0.25, 0.3) is 5.65 Å². The van der Waals surface area contributed by atoms with Gasteiger partial charge < -0.3 is 9.38 Å². The summed E-state index contributed by atoms with van der Waals surface area (Å²) in [5, 5.41) is 0.691. The molecular formula is C22H26ClN5O. The van der Waals surface area contributed by atoms with Gasteiger partial charge in [-0.1, -0.05) is 30.9 Å². The van der Waals surface area contributed by atoms with Gasteiger partial charge in [0.2, 0.25) is 0 Å². The highest BCUT2D eigenvalue weighted by atomic mass is 35.5. The highest BCUT2D eigenvalue weighted by Gasteiger charge is 2.25. The lowest BCUT2D eigenvalue weighted by atomic mass is 9.88. The summed E-state index contributed by atoms with van der Waals surface area (Å²) >= 11 is 6.19. The average Bonchev–Trinajstić information content (AvgIpc) is 3.03. The Hall–Kier alpha value is -2.18. The predicted molar refractivity (Wildman–Crippen MR) is 113 cm³/mol. The standard InChI is InChI=1S/C22H26ClN5O/c1-14-19(28-11-16(23)7-8-20(28)24-14)13-27-10-9-18-17(12-27)22(29)26-21(25-18)15-5-3-2-4-6-15/h7-8,11,15H,2-6,9-10,12-13H2,1H3,(H,25,26,29). The Kier molecular flexibility index (Phi) is 4.92. The Morgan fingerprint density at radius 2 is 2.03 bits per heavy atom. The summed E-state index contributed by atoms with van der Waals surface area (Å²) in [6, 6.07) is 3.80. The number of aromatic nitrogens is 4. The van der Waals surface area contributed by atoms with Gasteiger partial charge in [0, 0.05) is 38.2 Å². The van der Waals surface area contributed by atoms with Crippen LogP contribution in [0, 0.1) is 6.92 Å². The second-order valence-electron chi connectivity index (χ2n) is 8.39. The molecule has 1 fully saturated rings. The van der Waals surface area contributed by atoms with E-state index in [1.807, 2.05) is 25.3 Å². The van der Waals surface area contributed by atoms with Gasteiger partial charge in [-0.25, -0.2) is 9.97 Å². The maximum Gasteiger partial charge on any atom is 0.255 e. The second-order valence-corrected chi connectivity index (χ2v) is 8.83. The molecule has 1 saturated carbocycles. The van der Waals surface area contributed by atoms with Gasteiger partial charge in [-0.2, -0.15) is 0 Å². The molecule has 0 spiro atoms. The second kappa shape index (κ2) is 7.58. The van der Waals surface area contributed by atoms with Crippen molar-refractivity contribution in [3.63, 3.8) is 0 Å². The number of hydrogen-bond donors (Lipinski definition) is 1. The SMILES string of the molecule is Cc1nc2ccc(Cl)cn2c1CN1CCc2nc(C3CCCCC3)[nH]c(=O)c2C1. The van der Waals surface area contributed by atoms with E-state index in [1.165, 1.54) is 19.3 Å². The van der Waals surface area contributed by atoms with Gasteiger partial charge >= 0.3 is 0 Å². The maximum atomic E-state index is 12.8. The molecule has 4 heterocycles. The number of nitrogens with one attached hydrogen (secondary N) is 1. The normalized spacial score (nSPS) is 18.3. The summed E-state index contributed by atoms with van der Waals surface area (Å²) in [4.78, 5) is 27.8. The topological polar surface area (TPSA) is 66.3 Å². The van der Waals surface area contributed by atoms with E-state index in [9.17, 15) is 4.79 Å². The van der Waals surface area contributed by atoms with Crippen LogP contribution in [0.15, 0.2) is 23.1 Å². The van der Waals surface area contributed by atoms with Gasteiger partial charge in [-0.15, -0.1) is 0 Å². The molecule has 29 heavy (non-hydrogen) atoms. The van der Waals surface area contributed by atoms with Crippen molar-refractivity contribution in [3.8, 4) is 0 Å². The molecule has 0 unspecified atom stereocenters. The number of hydrogen-bond acceptors (Lipinski definition) is 4. The van der Waals surface area contributed by atoms with Crippen LogP contribution in [0.5, 0.6) is 0 Å². The minimum Gasteiger partial charge on any atom is -0.310 e. The summed E-state index contributed by atoms with van der Waals surface area (Å²) in [5.41, 5.74) is 4.87. The van der Waals surface area contributed by atoms with E-state index in [0.717, 1.165) is 66.5 Å². The van der Waals surface area contributed by atoms with Gasteiger partial charge in [0.1, 0.15) is 11.5 Å². The van der Waals surface area contributed by atoms with Gasteiger partial charge in [0.25, 0.3) is 5.56 Å². The zero-order chi connectivity index (χ0) is 20.0. The maximum absolute atomic E-state index is 12.8. The number of halogens is 1. The van der Waals surface area contributed by atoms with Gasteiger partial charge in [0.05, 0.1) is 27.7 Å². The molecular weight excluding hydrogens is 386 g/mol. The predicted octanol–water partition coefficient (Wildman–Crippen LogP) is 3.99. The van der Waals surface area contributed by atoms with E-state index in [4.69, 9.17) is 16.6 Å². The van der Waals surface area contributed by atoms with Crippen LogP contribution in [-0.4, -0.2) is 30.8 Å². The van der Waals surface area contributed by atoms with Crippen molar-refractivity contribution in [2.45, 2.75) is 64.5 Å². The molecule has 6 nitrogen and oxygen atoms in total. The summed E-state index contributed by atoms with van der Waals surface area (Å²) in [6.07, 6.45) is 8.79. The smallest absolute Gasteiger partial charge is 0.255 e. The zero-order valence-corrected chi connectivity index (χ0v) is 17.5. The largest absolute Gasteiger partial charge is 0.310 e. The molecule has 0 aromatic carbocycles. The summed E-state index contributed by atoms with van der Waals surface area (Å²) in [7, 11) is 0. The Morgan fingerprint density at radius 3 is 2.86 bits per heavy atom. The molecule has 7 heteroatoms. The molecule has 0 atom stereocenters. The van der Waals surface area contributed by atoms with E-state index in [1.54, 1.807) is 0 Å². The number of aryl methyl sites for hydroxylation is 1. The number of H-pyrrole nitrogens is 1. The minimum absolute atomic E-state index is 0.0400. The number of pyridine rings is 1. The van der Waals surface area contributed by atoms with Crippen LogP contribution in [-0.2, 0) is 19.5 Å². The van der Waals surface area contributed by atoms with Gasteiger partial charge in [0.15, 0.2) is 0 Å². The molecule has 0 saturated heterocycles. The fourth-order valence-electron chi connectivity index (χ4n) is 4.79. The molecule has 0 radical (unpaired) electrons. The van der Waals surface area contributed by atoms with Crippen molar-refractivity contribution in [2.75, 3.05) is 6.54 Å². The first-order chi connectivity index (χ1) is 14.1. The van der Waals surface area contributed by atoms with Gasteiger partial charge in [-0.3, -0.25) is 9.69 Å². The van der Waals surface area contributed by atoms with Crippen LogP contribution in [0.1, 0.15) is 66.5 Å². The molecule has 0 amide bonds. The van der Waals surface area contributed by atoms with E-state index >= 15 is 0 Å². The lowest BCUT2D eigenvalue weighted by molar-refractivity contribution is 0.237. The van der Waals surface area contributed by atoms with Crippen LogP contribution >= 0.6 is 11.6 Å². The number of imidazole rings is 1. The molecule has 3 aromatic heterocycles. The Balaban J connectivity index is 1.40. The fourth-order valence-corrected chi connectivity index (χ4v) is 4.95. The quantitative estimate of drug-likeness (QED) is 0.707. The van der Waals surface area contributed by atoms with E-state index < -0.39 is 0 Å². The van der Waals surface area contributed by atoms with Crippen molar-refractivity contribution in [2.24, 2.45) is 0 Å². The lowest BCUT2D eigenvalue weighted by Crippen LogP contribution is -2.36. The number of nitrogens with zero attached hydrogens (tertiary/aromatic N) is 4. The van der Waals surface area contributed by atoms with Crippen molar-refractivity contribution >= 4 is 17.2 Å². The van der Waals surface area contributed by atoms with E-state index in [0.29, 0.717) is 17.5 Å². The third-order valence-corrected chi connectivity index (χ3v) is 6.64. The number of aromatic amines is 1. The minimum atomic E-state index is 0.0400. The zero-order valence-electron chi connectivity index (χ0n) is 16.7. The third kappa shape index (κ3) is 3.60. The van der Waals surface area contributed by atoms with Gasteiger partial charge in [-0.05, 0) is 31.9 Å². The van der Waals surface area contributed by atoms with Crippen molar-refractivity contribution in [3.05, 3.63) is 62.2 Å².